The van der Waals surface area contributed by atoms with E-state index >= 15 is 0 Å². The first-order valence-electron chi connectivity index (χ1n) is 8.49. The third-order valence-corrected chi connectivity index (χ3v) is 3.82. The Kier molecular flexibility index (Phi) is 7.23. The van der Waals surface area contributed by atoms with Crippen LogP contribution in [0.15, 0.2) is 24.3 Å². The van der Waals surface area contributed by atoms with Crippen molar-refractivity contribution in [1.29, 1.82) is 0 Å². The molecule has 0 atom stereocenters. The van der Waals surface area contributed by atoms with Gasteiger partial charge in [-0.05, 0) is 42.9 Å². The predicted molar refractivity (Wildman–Crippen MR) is 90.0 cm³/mol. The minimum Gasteiger partial charge on any atom is -0.376 e. The molecule has 2 rings (SSSR count). The molecule has 1 saturated carbocycles. The number of rotatable bonds is 10. The highest BCUT2D eigenvalue weighted by atomic mass is 16.5. The van der Waals surface area contributed by atoms with Crippen molar-refractivity contribution in [2.75, 3.05) is 18.5 Å². The SMILES string of the molecule is CCCCCCNC(=O)Nc1cccc(COCC2CC2)c1. The first-order valence-corrected chi connectivity index (χ1v) is 8.49. The van der Waals surface area contributed by atoms with Crippen molar-refractivity contribution >= 4 is 11.7 Å². The van der Waals surface area contributed by atoms with Gasteiger partial charge in [-0.15, -0.1) is 0 Å². The van der Waals surface area contributed by atoms with Gasteiger partial charge in [-0.25, -0.2) is 4.79 Å². The maximum Gasteiger partial charge on any atom is 0.319 e. The molecule has 4 nitrogen and oxygen atoms in total. The maximum atomic E-state index is 11.8. The summed E-state index contributed by atoms with van der Waals surface area (Å²) in [4.78, 5) is 11.8. The molecule has 0 aromatic heterocycles. The molecule has 0 spiro atoms. The molecule has 1 aliphatic rings. The Morgan fingerprint density at radius 1 is 1.27 bits per heavy atom. The quantitative estimate of drug-likeness (QED) is 0.633. The number of nitrogens with one attached hydrogen (secondary N) is 2. The highest BCUT2D eigenvalue weighted by Crippen LogP contribution is 2.29. The molecule has 0 radical (unpaired) electrons. The number of amides is 2. The van der Waals surface area contributed by atoms with Crippen LogP contribution in [-0.4, -0.2) is 19.2 Å². The summed E-state index contributed by atoms with van der Waals surface area (Å²) in [5.41, 5.74) is 1.92. The molecule has 22 heavy (non-hydrogen) atoms. The van der Waals surface area contributed by atoms with Crippen molar-refractivity contribution in [3.05, 3.63) is 29.8 Å². The van der Waals surface area contributed by atoms with Gasteiger partial charge in [0.05, 0.1) is 6.61 Å². The molecule has 2 N–H and O–H groups in total. The number of unbranched alkanes of at least 4 members (excludes halogenated alkanes) is 3. The van der Waals surface area contributed by atoms with E-state index in [1.165, 1.54) is 32.1 Å². The molecule has 0 bridgehead atoms. The van der Waals surface area contributed by atoms with E-state index in [2.05, 4.69) is 17.6 Å². The molecular formula is C18H28N2O2. The van der Waals surface area contributed by atoms with Crippen molar-refractivity contribution in [1.82, 2.24) is 5.32 Å². The van der Waals surface area contributed by atoms with Crippen LogP contribution in [-0.2, 0) is 11.3 Å². The van der Waals surface area contributed by atoms with Gasteiger partial charge in [-0.2, -0.15) is 0 Å². The zero-order chi connectivity index (χ0) is 15.6. The second-order valence-electron chi connectivity index (χ2n) is 6.10. The molecule has 0 saturated heterocycles. The molecule has 2 amide bonds. The summed E-state index contributed by atoms with van der Waals surface area (Å²) in [5, 5.41) is 5.77. The van der Waals surface area contributed by atoms with E-state index in [0.29, 0.717) is 6.61 Å². The molecule has 0 aliphatic heterocycles. The molecule has 1 aromatic rings. The molecule has 1 aliphatic carbocycles. The Morgan fingerprint density at radius 3 is 2.91 bits per heavy atom. The summed E-state index contributed by atoms with van der Waals surface area (Å²) in [6, 6.07) is 7.73. The maximum absolute atomic E-state index is 11.8. The average molecular weight is 304 g/mol. The van der Waals surface area contributed by atoms with Gasteiger partial charge >= 0.3 is 6.03 Å². The number of anilines is 1. The van der Waals surface area contributed by atoms with Crippen molar-refractivity contribution in [2.24, 2.45) is 5.92 Å². The molecule has 0 heterocycles. The van der Waals surface area contributed by atoms with E-state index in [1.54, 1.807) is 0 Å². The smallest absolute Gasteiger partial charge is 0.319 e. The summed E-state index contributed by atoms with van der Waals surface area (Å²) in [6.45, 7) is 4.39. The Labute approximate surface area is 133 Å². The fraction of sp³-hybridized carbons (Fsp3) is 0.611. The van der Waals surface area contributed by atoms with Gasteiger partial charge in [0.2, 0.25) is 0 Å². The standard InChI is InChI=1S/C18H28N2O2/c1-2-3-4-5-11-19-18(21)20-17-8-6-7-16(12-17)14-22-13-15-9-10-15/h6-8,12,15H,2-5,9-11,13-14H2,1H3,(H2,19,20,21). The van der Waals surface area contributed by atoms with Crippen LogP contribution in [0.3, 0.4) is 0 Å². The van der Waals surface area contributed by atoms with E-state index < -0.39 is 0 Å². The number of hydrogen-bond donors (Lipinski definition) is 2. The lowest BCUT2D eigenvalue weighted by molar-refractivity contribution is 0.111. The van der Waals surface area contributed by atoms with Crippen molar-refractivity contribution in [2.45, 2.75) is 52.1 Å². The van der Waals surface area contributed by atoms with Gasteiger partial charge in [0.15, 0.2) is 0 Å². The van der Waals surface area contributed by atoms with Crippen LogP contribution in [0, 0.1) is 5.92 Å². The first kappa shape index (κ1) is 16.8. The van der Waals surface area contributed by atoms with Gasteiger partial charge in [-0.3, -0.25) is 0 Å². The fourth-order valence-electron chi connectivity index (χ4n) is 2.30. The van der Waals surface area contributed by atoms with Gasteiger partial charge in [0, 0.05) is 18.8 Å². The molecular weight excluding hydrogens is 276 g/mol. The van der Waals surface area contributed by atoms with E-state index in [0.717, 1.165) is 36.7 Å². The van der Waals surface area contributed by atoms with Crippen LogP contribution in [0.4, 0.5) is 10.5 Å². The van der Waals surface area contributed by atoms with Gasteiger partial charge < -0.3 is 15.4 Å². The van der Waals surface area contributed by atoms with E-state index in [4.69, 9.17) is 4.74 Å². The summed E-state index contributed by atoms with van der Waals surface area (Å²) < 4.78 is 5.68. The lowest BCUT2D eigenvalue weighted by Gasteiger charge is -2.09. The molecule has 1 aromatic carbocycles. The lowest BCUT2D eigenvalue weighted by atomic mass is 10.2. The Bertz CT molecular complexity index is 458. The van der Waals surface area contributed by atoms with Crippen molar-refractivity contribution in [3.63, 3.8) is 0 Å². The lowest BCUT2D eigenvalue weighted by Crippen LogP contribution is -2.29. The third-order valence-electron chi connectivity index (χ3n) is 3.82. The number of hydrogen-bond acceptors (Lipinski definition) is 2. The largest absolute Gasteiger partial charge is 0.376 e. The zero-order valence-corrected chi connectivity index (χ0v) is 13.6. The molecule has 0 unspecified atom stereocenters. The zero-order valence-electron chi connectivity index (χ0n) is 13.6. The van der Waals surface area contributed by atoms with Gasteiger partial charge in [-0.1, -0.05) is 38.3 Å². The molecule has 4 heteroatoms. The Balaban J connectivity index is 1.66. The monoisotopic (exact) mass is 304 g/mol. The summed E-state index contributed by atoms with van der Waals surface area (Å²) >= 11 is 0. The number of benzene rings is 1. The van der Waals surface area contributed by atoms with Gasteiger partial charge in [0.25, 0.3) is 0 Å². The van der Waals surface area contributed by atoms with E-state index in [-0.39, 0.29) is 6.03 Å². The summed E-state index contributed by atoms with van der Waals surface area (Å²) in [7, 11) is 0. The highest BCUT2D eigenvalue weighted by molar-refractivity contribution is 5.89. The van der Waals surface area contributed by atoms with Crippen LogP contribution in [0.2, 0.25) is 0 Å². The van der Waals surface area contributed by atoms with E-state index in [1.807, 2.05) is 24.3 Å². The first-order chi connectivity index (χ1) is 10.8. The number of ether oxygens (including phenoxy) is 1. The third kappa shape index (κ3) is 6.94. The fourth-order valence-corrected chi connectivity index (χ4v) is 2.30. The molecule has 1 fully saturated rings. The Hall–Kier alpha value is -1.55. The van der Waals surface area contributed by atoms with Crippen LogP contribution < -0.4 is 10.6 Å². The summed E-state index contributed by atoms with van der Waals surface area (Å²) in [6.07, 6.45) is 7.26. The predicted octanol–water partition coefficient (Wildman–Crippen LogP) is 4.32. The van der Waals surface area contributed by atoms with Crippen LogP contribution in [0.1, 0.15) is 51.0 Å². The topological polar surface area (TPSA) is 50.4 Å². The Morgan fingerprint density at radius 2 is 2.14 bits per heavy atom. The number of carbonyl (C=O) groups is 1. The van der Waals surface area contributed by atoms with Crippen LogP contribution >= 0.6 is 0 Å². The minimum atomic E-state index is -0.132. The summed E-state index contributed by atoms with van der Waals surface area (Å²) in [5.74, 6) is 0.778. The minimum absolute atomic E-state index is 0.132. The van der Waals surface area contributed by atoms with E-state index in [9.17, 15) is 4.79 Å². The number of urea groups is 1. The van der Waals surface area contributed by atoms with Gasteiger partial charge in [0.1, 0.15) is 0 Å². The molecule has 122 valence electrons. The normalized spacial score (nSPS) is 13.9. The van der Waals surface area contributed by atoms with Crippen molar-refractivity contribution in [3.8, 4) is 0 Å². The van der Waals surface area contributed by atoms with Crippen molar-refractivity contribution < 1.29 is 9.53 Å². The number of carbonyl (C=O) groups excluding carboxylic acids is 1. The second kappa shape index (κ2) is 9.46. The highest BCUT2D eigenvalue weighted by Gasteiger charge is 2.20. The van der Waals surface area contributed by atoms with Crippen LogP contribution in [0.5, 0.6) is 0 Å². The second-order valence-corrected chi connectivity index (χ2v) is 6.10. The van der Waals surface area contributed by atoms with Crippen LogP contribution in [0.25, 0.3) is 0 Å². The average Bonchev–Trinajstić information content (AvgIpc) is 3.32.